The molecule has 100 valence electrons. The third-order valence-corrected chi connectivity index (χ3v) is 3.72. The third kappa shape index (κ3) is 3.61. The molecule has 1 amide bonds. The van der Waals surface area contributed by atoms with Crippen LogP contribution in [0, 0.1) is 5.92 Å². The average Bonchev–Trinajstić information content (AvgIpc) is 2.77. The molecule has 2 rings (SSSR count). The minimum atomic E-state index is -0.0124. The molecule has 0 radical (unpaired) electrons. The van der Waals surface area contributed by atoms with Crippen molar-refractivity contribution in [2.24, 2.45) is 13.0 Å². The Balaban J connectivity index is 2.03. The van der Waals surface area contributed by atoms with Gasteiger partial charge in [0, 0.05) is 35.9 Å². The SMILES string of the molecule is CC(C)C(=O)Nc1ccc(Sc2nccn2C)cc1. The second-order valence-corrected chi connectivity index (χ2v) is 5.63. The molecule has 5 heteroatoms. The summed E-state index contributed by atoms with van der Waals surface area (Å²) in [6, 6.07) is 7.78. The van der Waals surface area contributed by atoms with Gasteiger partial charge in [0.05, 0.1) is 0 Å². The lowest BCUT2D eigenvalue weighted by Gasteiger charge is -2.08. The fourth-order valence-corrected chi connectivity index (χ4v) is 2.25. The lowest BCUT2D eigenvalue weighted by Crippen LogP contribution is -2.17. The van der Waals surface area contributed by atoms with E-state index >= 15 is 0 Å². The Morgan fingerprint density at radius 1 is 1.32 bits per heavy atom. The van der Waals surface area contributed by atoms with Gasteiger partial charge in [-0.25, -0.2) is 4.98 Å². The highest BCUT2D eigenvalue weighted by atomic mass is 32.2. The molecule has 1 aromatic heterocycles. The first-order valence-electron chi connectivity index (χ1n) is 6.12. The molecule has 1 N–H and O–H groups in total. The van der Waals surface area contributed by atoms with Gasteiger partial charge in [0.15, 0.2) is 5.16 Å². The summed E-state index contributed by atoms with van der Waals surface area (Å²) in [6.07, 6.45) is 3.69. The highest BCUT2D eigenvalue weighted by molar-refractivity contribution is 7.99. The first-order chi connectivity index (χ1) is 9.06. The topological polar surface area (TPSA) is 46.9 Å². The lowest BCUT2D eigenvalue weighted by molar-refractivity contribution is -0.118. The maximum atomic E-state index is 11.6. The molecule has 0 aliphatic carbocycles. The van der Waals surface area contributed by atoms with Crippen molar-refractivity contribution in [1.29, 1.82) is 0 Å². The fraction of sp³-hybridized carbons (Fsp3) is 0.286. The largest absolute Gasteiger partial charge is 0.329 e. The van der Waals surface area contributed by atoms with Gasteiger partial charge in [0.25, 0.3) is 0 Å². The first kappa shape index (κ1) is 13.7. The Labute approximate surface area is 117 Å². The quantitative estimate of drug-likeness (QED) is 0.932. The van der Waals surface area contributed by atoms with Crippen molar-refractivity contribution in [3.63, 3.8) is 0 Å². The molecule has 0 bridgehead atoms. The van der Waals surface area contributed by atoms with E-state index in [9.17, 15) is 4.79 Å². The number of anilines is 1. The van der Waals surface area contributed by atoms with Crippen LogP contribution in [0.1, 0.15) is 13.8 Å². The van der Waals surface area contributed by atoms with Crippen LogP contribution in [-0.4, -0.2) is 15.5 Å². The predicted octanol–water partition coefficient (Wildman–Crippen LogP) is 3.17. The molecule has 0 saturated heterocycles. The Hall–Kier alpha value is -1.75. The summed E-state index contributed by atoms with van der Waals surface area (Å²) >= 11 is 1.59. The van der Waals surface area contributed by atoms with Crippen LogP contribution in [0.5, 0.6) is 0 Å². The molecular formula is C14H17N3OS. The number of amides is 1. The van der Waals surface area contributed by atoms with Gasteiger partial charge in [0.2, 0.25) is 5.91 Å². The van der Waals surface area contributed by atoms with Gasteiger partial charge < -0.3 is 9.88 Å². The number of aromatic nitrogens is 2. The van der Waals surface area contributed by atoms with Crippen LogP contribution in [0.4, 0.5) is 5.69 Å². The monoisotopic (exact) mass is 275 g/mol. The zero-order valence-corrected chi connectivity index (χ0v) is 12.1. The van der Waals surface area contributed by atoms with Crippen molar-refractivity contribution in [1.82, 2.24) is 9.55 Å². The molecule has 19 heavy (non-hydrogen) atoms. The van der Waals surface area contributed by atoms with E-state index in [0.717, 1.165) is 15.7 Å². The summed E-state index contributed by atoms with van der Waals surface area (Å²) in [6.45, 7) is 3.75. The van der Waals surface area contributed by atoms with Crippen molar-refractivity contribution >= 4 is 23.4 Å². The van der Waals surface area contributed by atoms with Gasteiger partial charge in [-0.15, -0.1) is 0 Å². The van der Waals surface area contributed by atoms with Crippen molar-refractivity contribution < 1.29 is 4.79 Å². The number of rotatable bonds is 4. The summed E-state index contributed by atoms with van der Waals surface area (Å²) < 4.78 is 1.97. The van der Waals surface area contributed by atoms with E-state index in [1.165, 1.54) is 0 Å². The number of aryl methyl sites for hydroxylation is 1. The Kier molecular flexibility index (Phi) is 4.27. The van der Waals surface area contributed by atoms with Crippen LogP contribution in [0.15, 0.2) is 46.7 Å². The predicted molar refractivity (Wildman–Crippen MR) is 77.2 cm³/mol. The maximum Gasteiger partial charge on any atom is 0.226 e. The number of hydrogen-bond donors (Lipinski definition) is 1. The fourth-order valence-electron chi connectivity index (χ4n) is 1.45. The standard InChI is InChI=1S/C14H17N3OS/c1-10(2)13(18)16-11-4-6-12(7-5-11)19-14-15-8-9-17(14)3/h4-10H,1-3H3,(H,16,18). The van der Waals surface area contributed by atoms with E-state index in [4.69, 9.17) is 0 Å². The van der Waals surface area contributed by atoms with Crippen LogP contribution in [-0.2, 0) is 11.8 Å². The number of carbonyl (C=O) groups is 1. The van der Waals surface area contributed by atoms with Crippen molar-refractivity contribution in [3.8, 4) is 0 Å². The summed E-state index contributed by atoms with van der Waals surface area (Å²) in [7, 11) is 1.96. The normalized spacial score (nSPS) is 10.7. The van der Waals surface area contributed by atoms with E-state index in [1.54, 1.807) is 18.0 Å². The molecule has 0 aliphatic rings. The number of nitrogens with one attached hydrogen (secondary N) is 1. The van der Waals surface area contributed by atoms with E-state index in [1.807, 2.05) is 55.9 Å². The molecule has 4 nitrogen and oxygen atoms in total. The van der Waals surface area contributed by atoms with E-state index < -0.39 is 0 Å². The van der Waals surface area contributed by atoms with E-state index in [2.05, 4.69) is 10.3 Å². The van der Waals surface area contributed by atoms with E-state index in [0.29, 0.717) is 0 Å². The molecule has 2 aromatic rings. The Morgan fingerprint density at radius 3 is 2.53 bits per heavy atom. The smallest absolute Gasteiger partial charge is 0.226 e. The summed E-state index contributed by atoms with van der Waals surface area (Å²) in [5.74, 6) is 0.0196. The molecule has 0 aliphatic heterocycles. The van der Waals surface area contributed by atoms with Crippen LogP contribution in [0.3, 0.4) is 0 Å². The summed E-state index contributed by atoms with van der Waals surface area (Å²) in [5.41, 5.74) is 0.822. The number of hydrogen-bond acceptors (Lipinski definition) is 3. The molecular weight excluding hydrogens is 258 g/mol. The molecule has 0 spiro atoms. The number of carbonyl (C=O) groups excluding carboxylic acids is 1. The van der Waals surface area contributed by atoms with Crippen molar-refractivity contribution in [2.45, 2.75) is 23.9 Å². The molecule has 0 saturated carbocycles. The summed E-state index contributed by atoms with van der Waals surface area (Å²) in [5, 5.41) is 3.81. The van der Waals surface area contributed by atoms with Gasteiger partial charge in [-0.2, -0.15) is 0 Å². The lowest BCUT2D eigenvalue weighted by atomic mass is 10.2. The van der Waals surface area contributed by atoms with Crippen LogP contribution >= 0.6 is 11.8 Å². The Bertz CT molecular complexity index is 560. The number of nitrogens with zero attached hydrogens (tertiary/aromatic N) is 2. The average molecular weight is 275 g/mol. The van der Waals surface area contributed by atoms with Crippen LogP contribution < -0.4 is 5.32 Å². The number of imidazole rings is 1. The van der Waals surface area contributed by atoms with Crippen molar-refractivity contribution in [2.75, 3.05) is 5.32 Å². The molecule has 1 heterocycles. The second-order valence-electron chi connectivity index (χ2n) is 4.59. The van der Waals surface area contributed by atoms with Gasteiger partial charge in [-0.3, -0.25) is 4.79 Å². The minimum Gasteiger partial charge on any atom is -0.329 e. The van der Waals surface area contributed by atoms with Crippen molar-refractivity contribution in [3.05, 3.63) is 36.7 Å². The van der Waals surface area contributed by atoms with E-state index in [-0.39, 0.29) is 11.8 Å². The number of benzene rings is 1. The Morgan fingerprint density at radius 2 is 2.00 bits per heavy atom. The van der Waals surface area contributed by atoms with Gasteiger partial charge in [-0.1, -0.05) is 25.6 Å². The second kappa shape index (κ2) is 5.93. The van der Waals surface area contributed by atoms with Gasteiger partial charge in [0.1, 0.15) is 0 Å². The maximum absolute atomic E-state index is 11.6. The zero-order valence-electron chi connectivity index (χ0n) is 11.3. The highest BCUT2D eigenvalue weighted by Gasteiger charge is 2.07. The van der Waals surface area contributed by atoms with Crippen LogP contribution in [0.25, 0.3) is 0 Å². The van der Waals surface area contributed by atoms with Crippen LogP contribution in [0.2, 0.25) is 0 Å². The third-order valence-electron chi connectivity index (χ3n) is 2.63. The minimum absolute atomic E-state index is 0.0124. The zero-order chi connectivity index (χ0) is 13.8. The molecule has 0 atom stereocenters. The highest BCUT2D eigenvalue weighted by Crippen LogP contribution is 2.26. The first-order valence-corrected chi connectivity index (χ1v) is 6.94. The molecule has 0 fully saturated rings. The van der Waals surface area contributed by atoms with Gasteiger partial charge in [-0.05, 0) is 24.3 Å². The summed E-state index contributed by atoms with van der Waals surface area (Å²) in [4.78, 5) is 16.9. The molecule has 1 aromatic carbocycles. The molecule has 0 unspecified atom stereocenters. The van der Waals surface area contributed by atoms with Gasteiger partial charge >= 0.3 is 0 Å².